The smallest absolute Gasteiger partial charge is 0.274 e. The Morgan fingerprint density at radius 2 is 1.96 bits per heavy atom. The molecule has 1 aliphatic rings. The maximum Gasteiger partial charge on any atom is 0.274 e. The van der Waals surface area contributed by atoms with Crippen molar-refractivity contribution in [3.63, 3.8) is 0 Å². The molecule has 45 heavy (non-hydrogen) atoms. The number of nitrogens with zero attached hydrogens (tertiary/aromatic N) is 7. The first kappa shape index (κ1) is 30.5. The normalized spacial score (nSPS) is 13.7. The van der Waals surface area contributed by atoms with Gasteiger partial charge in [-0.2, -0.15) is 10.2 Å². The summed E-state index contributed by atoms with van der Waals surface area (Å²) in [6.07, 6.45) is 4.24. The highest BCUT2D eigenvalue weighted by Crippen LogP contribution is 2.29. The molecule has 2 aromatic carbocycles. The Morgan fingerprint density at radius 3 is 2.71 bits per heavy atom. The number of aryl methyl sites for hydroxylation is 1. The fraction of sp³-hybridized carbons (Fsp3) is 0.241. The third-order valence-corrected chi connectivity index (χ3v) is 9.36. The first-order valence-electron chi connectivity index (χ1n) is 13.9. The van der Waals surface area contributed by atoms with Crippen LogP contribution in [0.15, 0.2) is 72.0 Å². The van der Waals surface area contributed by atoms with E-state index in [-0.39, 0.29) is 27.8 Å². The number of amides is 1. The van der Waals surface area contributed by atoms with Gasteiger partial charge in [0.25, 0.3) is 15.9 Å². The van der Waals surface area contributed by atoms with E-state index in [4.69, 9.17) is 16.3 Å². The third kappa shape index (κ3) is 6.07. The quantitative estimate of drug-likeness (QED) is 0.244. The number of ether oxygens (including phenoxy) is 1. The predicted octanol–water partition coefficient (Wildman–Crippen LogP) is 3.22. The van der Waals surface area contributed by atoms with Crippen molar-refractivity contribution >= 4 is 55.5 Å². The highest BCUT2D eigenvalue weighted by Gasteiger charge is 2.28. The van der Waals surface area contributed by atoms with Gasteiger partial charge in [-0.15, -0.1) is 0 Å². The van der Waals surface area contributed by atoms with Gasteiger partial charge in [-0.1, -0.05) is 11.6 Å². The highest BCUT2D eigenvalue weighted by molar-refractivity contribution is 7.92. The van der Waals surface area contributed by atoms with Gasteiger partial charge in [0, 0.05) is 49.2 Å². The number of anilines is 3. The van der Waals surface area contributed by atoms with Crippen molar-refractivity contribution in [2.75, 3.05) is 54.0 Å². The summed E-state index contributed by atoms with van der Waals surface area (Å²) in [4.78, 5) is 19.5. The molecule has 1 amide bonds. The van der Waals surface area contributed by atoms with E-state index in [1.807, 2.05) is 12.1 Å². The number of morpholine rings is 1. The molecular weight excluding hydrogens is 627 g/mol. The zero-order valence-corrected chi connectivity index (χ0v) is 25.5. The average molecular weight is 655 g/mol. The first-order valence-corrected chi connectivity index (χ1v) is 15.7. The van der Waals surface area contributed by atoms with E-state index in [1.54, 1.807) is 19.3 Å². The lowest BCUT2D eigenvalue weighted by Crippen LogP contribution is -2.36. The maximum absolute atomic E-state index is 13.8. The van der Waals surface area contributed by atoms with Gasteiger partial charge >= 0.3 is 0 Å². The van der Waals surface area contributed by atoms with E-state index in [9.17, 15) is 22.7 Å². The Labute approximate surface area is 262 Å². The number of aliphatic hydroxyl groups excluding tert-OH is 1. The van der Waals surface area contributed by atoms with Crippen molar-refractivity contribution in [1.29, 1.82) is 0 Å². The number of nitrogens with one attached hydrogen (secondary N) is 1. The molecule has 0 unspecified atom stereocenters. The fourth-order valence-corrected chi connectivity index (χ4v) is 6.66. The number of pyridine rings is 1. The number of rotatable bonds is 9. The van der Waals surface area contributed by atoms with Crippen LogP contribution in [0.25, 0.3) is 16.7 Å². The van der Waals surface area contributed by atoms with Crippen LogP contribution in [-0.4, -0.2) is 83.4 Å². The monoisotopic (exact) mass is 654 g/mol. The second kappa shape index (κ2) is 12.4. The van der Waals surface area contributed by atoms with Crippen LogP contribution >= 0.6 is 11.6 Å². The molecular formula is C29H28ClFN8O5S. The number of aromatic nitrogens is 5. The molecule has 16 heteroatoms. The molecule has 0 bridgehead atoms. The van der Waals surface area contributed by atoms with Crippen molar-refractivity contribution in [1.82, 2.24) is 24.5 Å². The number of hydrogen-bond acceptors (Lipinski definition) is 9. The van der Waals surface area contributed by atoms with E-state index in [2.05, 4.69) is 25.4 Å². The number of sulfonamides is 1. The summed E-state index contributed by atoms with van der Waals surface area (Å²) in [5, 5.41) is 21.5. The van der Waals surface area contributed by atoms with Crippen LogP contribution in [0.1, 0.15) is 10.5 Å². The minimum atomic E-state index is -4.19. The van der Waals surface area contributed by atoms with E-state index in [0.29, 0.717) is 35.6 Å². The zero-order valence-electron chi connectivity index (χ0n) is 24.0. The van der Waals surface area contributed by atoms with Crippen LogP contribution in [0.4, 0.5) is 21.5 Å². The number of carbonyl (C=O) groups excluding carboxylic acids is 1. The minimum Gasteiger partial charge on any atom is -0.394 e. The second-order valence-corrected chi connectivity index (χ2v) is 12.4. The maximum atomic E-state index is 13.8. The van der Waals surface area contributed by atoms with Gasteiger partial charge < -0.3 is 20.1 Å². The third-order valence-electron chi connectivity index (χ3n) is 7.29. The molecule has 0 atom stereocenters. The minimum absolute atomic E-state index is 0.103. The molecule has 5 aromatic rings. The summed E-state index contributed by atoms with van der Waals surface area (Å²) in [7, 11) is -2.62. The standard InChI is InChI=1S/C29H28ClFN8O5S/c1-36-28(29(41)34-19-2-5-25(31)24(30)14-19)23-4-3-21(15-26(23)35-36)39(8-11-40)45(42,43)22-17-33-38(18-22)27-16-20(6-7-32-27)37-9-12-44-13-10-37/h2-7,14-18,40H,8-13H2,1H3,(H,34,41). The molecule has 1 fully saturated rings. The van der Waals surface area contributed by atoms with Crippen molar-refractivity contribution in [3.8, 4) is 5.82 Å². The highest BCUT2D eigenvalue weighted by atomic mass is 35.5. The van der Waals surface area contributed by atoms with Crippen molar-refractivity contribution < 1.29 is 27.4 Å². The Balaban J connectivity index is 1.28. The summed E-state index contributed by atoms with van der Waals surface area (Å²) in [6, 6.07) is 12.1. The van der Waals surface area contributed by atoms with Crippen molar-refractivity contribution in [2.24, 2.45) is 7.05 Å². The zero-order chi connectivity index (χ0) is 31.7. The first-order chi connectivity index (χ1) is 21.7. The Kier molecular flexibility index (Phi) is 8.42. The Hall–Kier alpha value is -4.57. The largest absolute Gasteiger partial charge is 0.394 e. The van der Waals surface area contributed by atoms with E-state index >= 15 is 0 Å². The number of aliphatic hydroxyl groups is 1. The average Bonchev–Trinajstić information content (AvgIpc) is 3.67. The summed E-state index contributed by atoms with van der Waals surface area (Å²) in [6.45, 7) is 2.00. The van der Waals surface area contributed by atoms with E-state index < -0.39 is 28.4 Å². The van der Waals surface area contributed by atoms with Gasteiger partial charge in [0.1, 0.15) is 16.4 Å². The molecule has 0 spiro atoms. The van der Waals surface area contributed by atoms with Gasteiger partial charge in [0.2, 0.25) is 0 Å². The van der Waals surface area contributed by atoms with E-state index in [0.717, 1.165) is 29.1 Å². The second-order valence-electron chi connectivity index (χ2n) is 10.1. The number of hydrogen-bond donors (Lipinski definition) is 2. The van der Waals surface area contributed by atoms with Crippen LogP contribution < -0.4 is 14.5 Å². The molecule has 0 saturated carbocycles. The molecule has 13 nitrogen and oxygen atoms in total. The van der Waals surface area contributed by atoms with Gasteiger partial charge in [-0.25, -0.2) is 22.5 Å². The number of halogens is 2. The summed E-state index contributed by atoms with van der Waals surface area (Å²) >= 11 is 5.84. The molecule has 0 aliphatic carbocycles. The lowest BCUT2D eigenvalue weighted by Gasteiger charge is -2.28. The molecule has 1 saturated heterocycles. The van der Waals surface area contributed by atoms with Crippen LogP contribution in [-0.2, 0) is 21.8 Å². The molecule has 6 rings (SSSR count). The number of benzene rings is 2. The lowest BCUT2D eigenvalue weighted by molar-refractivity contribution is 0.101. The molecule has 1 aliphatic heterocycles. The summed E-state index contributed by atoms with van der Waals surface area (Å²) in [5.41, 5.74) is 1.98. The van der Waals surface area contributed by atoms with Crippen LogP contribution in [0.2, 0.25) is 5.02 Å². The van der Waals surface area contributed by atoms with Gasteiger partial charge in [-0.05, 0) is 42.5 Å². The van der Waals surface area contributed by atoms with Gasteiger partial charge in [0.05, 0.1) is 55.0 Å². The van der Waals surface area contributed by atoms with Crippen LogP contribution in [0, 0.1) is 5.82 Å². The molecule has 3 aromatic heterocycles. The molecule has 2 N–H and O–H groups in total. The van der Waals surface area contributed by atoms with Gasteiger partial charge in [-0.3, -0.25) is 13.8 Å². The Bertz CT molecular complexity index is 1990. The van der Waals surface area contributed by atoms with Crippen molar-refractivity contribution in [2.45, 2.75) is 4.90 Å². The molecule has 234 valence electrons. The number of fused-ring (bicyclic) bond motifs is 1. The number of carbonyl (C=O) groups is 1. The van der Waals surface area contributed by atoms with Crippen molar-refractivity contribution in [3.05, 3.63) is 83.7 Å². The van der Waals surface area contributed by atoms with Crippen LogP contribution in [0.5, 0.6) is 0 Å². The summed E-state index contributed by atoms with van der Waals surface area (Å²) in [5.74, 6) is -0.690. The SMILES string of the molecule is Cn1nc2cc(N(CCO)S(=O)(=O)c3cnn(-c4cc(N5CCOCC5)ccn4)c3)ccc2c1C(=O)Nc1ccc(F)c(Cl)c1. The summed E-state index contributed by atoms with van der Waals surface area (Å²) < 4.78 is 50.5. The Morgan fingerprint density at radius 1 is 1.16 bits per heavy atom. The fourth-order valence-electron chi connectivity index (χ4n) is 5.10. The predicted molar refractivity (Wildman–Crippen MR) is 166 cm³/mol. The molecule has 4 heterocycles. The van der Waals surface area contributed by atoms with E-state index in [1.165, 1.54) is 46.0 Å². The topological polar surface area (TPSA) is 148 Å². The van der Waals surface area contributed by atoms with Crippen LogP contribution in [0.3, 0.4) is 0 Å². The lowest BCUT2D eigenvalue weighted by atomic mass is 10.1. The molecule has 0 radical (unpaired) electrons. The van der Waals surface area contributed by atoms with Gasteiger partial charge in [0.15, 0.2) is 5.82 Å².